The lowest BCUT2D eigenvalue weighted by Crippen LogP contribution is -2.51. The van der Waals surface area contributed by atoms with Crippen LogP contribution < -0.4 is 9.62 Å². The van der Waals surface area contributed by atoms with E-state index >= 15 is 0 Å². The molecule has 0 spiro atoms. The number of amides is 2. The first-order valence-corrected chi connectivity index (χ1v) is 12.6. The van der Waals surface area contributed by atoms with Gasteiger partial charge in [-0.3, -0.25) is 13.9 Å². The molecular weight excluding hydrogens is 506 g/mol. The number of nitrogens with one attached hydrogen (secondary N) is 1. The lowest BCUT2D eigenvalue weighted by Gasteiger charge is -2.33. The highest BCUT2D eigenvalue weighted by atomic mass is 79.9. The van der Waals surface area contributed by atoms with Gasteiger partial charge in [0, 0.05) is 23.1 Å². The maximum absolute atomic E-state index is 13.4. The summed E-state index contributed by atoms with van der Waals surface area (Å²) in [4.78, 5) is 27.3. The van der Waals surface area contributed by atoms with E-state index in [1.54, 1.807) is 55.5 Å². The van der Waals surface area contributed by atoms with Crippen LogP contribution in [-0.2, 0) is 26.2 Å². The van der Waals surface area contributed by atoms with Crippen LogP contribution in [0, 0.1) is 0 Å². The van der Waals surface area contributed by atoms with Crippen molar-refractivity contribution in [2.24, 2.45) is 0 Å². The van der Waals surface area contributed by atoms with Crippen LogP contribution in [0.2, 0.25) is 5.02 Å². The van der Waals surface area contributed by atoms with Gasteiger partial charge in [-0.1, -0.05) is 48.9 Å². The number of para-hydroxylation sites is 1. The maximum Gasteiger partial charge on any atom is 0.244 e. The molecular formula is C21H25BrClN3O4S. The van der Waals surface area contributed by atoms with Gasteiger partial charge in [-0.15, -0.1) is 0 Å². The molecule has 0 aliphatic heterocycles. The second-order valence-corrected chi connectivity index (χ2v) is 10.0. The predicted molar refractivity (Wildman–Crippen MR) is 126 cm³/mol. The van der Waals surface area contributed by atoms with Gasteiger partial charge in [0.2, 0.25) is 21.8 Å². The molecule has 0 bridgehead atoms. The Morgan fingerprint density at radius 2 is 1.74 bits per heavy atom. The molecule has 168 valence electrons. The molecule has 1 atom stereocenters. The highest BCUT2D eigenvalue weighted by Crippen LogP contribution is 2.28. The fourth-order valence-electron chi connectivity index (χ4n) is 3.15. The lowest BCUT2D eigenvalue weighted by molar-refractivity contribution is -0.140. The zero-order valence-corrected chi connectivity index (χ0v) is 20.7. The monoisotopic (exact) mass is 529 g/mol. The molecule has 0 saturated carbocycles. The maximum atomic E-state index is 13.4. The van der Waals surface area contributed by atoms with Crippen molar-refractivity contribution in [3.8, 4) is 0 Å². The van der Waals surface area contributed by atoms with Crippen LogP contribution in [0.3, 0.4) is 0 Å². The van der Waals surface area contributed by atoms with Crippen molar-refractivity contribution in [2.75, 3.05) is 24.2 Å². The standard InChI is InChI=1S/C21H25BrClN3O4S/c1-4-18(21(28)24-2)25(13-15-9-5-7-11-17(15)23)20(27)14-26(31(3,29)30)19-12-8-6-10-16(19)22/h5-12,18H,4,13-14H2,1-3H3,(H,24,28)/t18-/m0/s1. The van der Waals surface area contributed by atoms with Crippen molar-refractivity contribution in [3.63, 3.8) is 0 Å². The minimum absolute atomic E-state index is 0.0675. The number of nitrogens with zero attached hydrogens (tertiary/aromatic N) is 2. The van der Waals surface area contributed by atoms with Crippen LogP contribution in [0.15, 0.2) is 53.0 Å². The van der Waals surface area contributed by atoms with Crippen molar-refractivity contribution in [3.05, 3.63) is 63.6 Å². The Bertz CT molecular complexity index is 1050. The third-order valence-corrected chi connectivity index (χ3v) is 6.90. The highest BCUT2D eigenvalue weighted by molar-refractivity contribution is 9.10. The molecule has 31 heavy (non-hydrogen) atoms. The molecule has 0 aromatic heterocycles. The average Bonchev–Trinajstić information content (AvgIpc) is 2.72. The Balaban J connectivity index is 2.46. The van der Waals surface area contributed by atoms with E-state index in [1.165, 1.54) is 11.9 Å². The molecule has 0 radical (unpaired) electrons. The molecule has 0 aliphatic carbocycles. The third kappa shape index (κ3) is 6.44. The smallest absolute Gasteiger partial charge is 0.244 e. The van der Waals surface area contributed by atoms with Crippen LogP contribution >= 0.6 is 27.5 Å². The van der Waals surface area contributed by atoms with Gasteiger partial charge >= 0.3 is 0 Å². The average molecular weight is 531 g/mol. The molecule has 0 saturated heterocycles. The number of carbonyl (C=O) groups is 2. The van der Waals surface area contributed by atoms with Crippen molar-refractivity contribution >= 4 is 55.1 Å². The zero-order chi connectivity index (χ0) is 23.2. The van der Waals surface area contributed by atoms with E-state index in [0.717, 1.165) is 10.6 Å². The first-order chi connectivity index (χ1) is 14.6. The van der Waals surface area contributed by atoms with Gasteiger partial charge in [-0.25, -0.2) is 8.42 Å². The molecule has 2 aromatic carbocycles. The molecule has 2 rings (SSSR count). The summed E-state index contributed by atoms with van der Waals surface area (Å²) >= 11 is 9.62. The van der Waals surface area contributed by atoms with E-state index in [2.05, 4.69) is 21.2 Å². The molecule has 0 unspecified atom stereocenters. The summed E-state index contributed by atoms with van der Waals surface area (Å²) in [6.45, 7) is 1.40. The van der Waals surface area contributed by atoms with E-state index in [1.807, 2.05) is 0 Å². The Morgan fingerprint density at radius 3 is 2.29 bits per heavy atom. The number of hydrogen-bond donors (Lipinski definition) is 1. The number of halogens is 2. The summed E-state index contributed by atoms with van der Waals surface area (Å²) in [5, 5.41) is 3.03. The van der Waals surface area contributed by atoms with Gasteiger partial charge in [0.05, 0.1) is 11.9 Å². The normalized spacial score (nSPS) is 12.2. The topological polar surface area (TPSA) is 86.8 Å². The van der Waals surface area contributed by atoms with Crippen molar-refractivity contribution in [1.82, 2.24) is 10.2 Å². The van der Waals surface area contributed by atoms with Crippen LogP contribution in [0.1, 0.15) is 18.9 Å². The Kier molecular flexibility index (Phi) is 8.90. The summed E-state index contributed by atoms with van der Waals surface area (Å²) in [5.41, 5.74) is 0.996. The molecule has 2 aromatic rings. The van der Waals surface area contributed by atoms with E-state index in [4.69, 9.17) is 11.6 Å². The Labute approximate surface area is 196 Å². The second-order valence-electron chi connectivity index (χ2n) is 6.87. The first-order valence-electron chi connectivity index (χ1n) is 9.56. The number of rotatable bonds is 9. The number of likely N-dealkylation sites (N-methyl/N-ethyl adjacent to an activating group) is 1. The van der Waals surface area contributed by atoms with Crippen molar-refractivity contribution < 1.29 is 18.0 Å². The van der Waals surface area contributed by atoms with Crippen molar-refractivity contribution in [2.45, 2.75) is 25.9 Å². The highest BCUT2D eigenvalue weighted by Gasteiger charge is 2.32. The van der Waals surface area contributed by atoms with Gasteiger partial charge in [0.25, 0.3) is 0 Å². The predicted octanol–water partition coefficient (Wildman–Crippen LogP) is 3.42. The van der Waals surface area contributed by atoms with E-state index in [0.29, 0.717) is 27.2 Å². The van der Waals surface area contributed by atoms with Gasteiger partial charge in [0.1, 0.15) is 12.6 Å². The quantitative estimate of drug-likeness (QED) is 0.538. The van der Waals surface area contributed by atoms with E-state index < -0.39 is 28.5 Å². The Morgan fingerprint density at radius 1 is 1.13 bits per heavy atom. The number of sulfonamides is 1. The number of carbonyl (C=O) groups excluding carboxylic acids is 2. The largest absolute Gasteiger partial charge is 0.357 e. The van der Waals surface area contributed by atoms with Gasteiger partial charge in [-0.05, 0) is 46.1 Å². The summed E-state index contributed by atoms with van der Waals surface area (Å²) in [6.07, 6.45) is 1.39. The fraction of sp³-hybridized carbons (Fsp3) is 0.333. The number of hydrogen-bond acceptors (Lipinski definition) is 4. The molecule has 0 aliphatic rings. The van der Waals surface area contributed by atoms with Crippen LogP contribution in [-0.4, -0.2) is 51.0 Å². The minimum Gasteiger partial charge on any atom is -0.357 e. The second kappa shape index (κ2) is 11.0. The van der Waals surface area contributed by atoms with Crippen LogP contribution in [0.25, 0.3) is 0 Å². The summed E-state index contributed by atoms with van der Waals surface area (Å²) in [6, 6.07) is 13.0. The summed E-state index contributed by atoms with van der Waals surface area (Å²) in [7, 11) is -2.29. The molecule has 1 N–H and O–H groups in total. The van der Waals surface area contributed by atoms with Crippen LogP contribution in [0.5, 0.6) is 0 Å². The summed E-state index contributed by atoms with van der Waals surface area (Å²) < 4.78 is 26.6. The van der Waals surface area contributed by atoms with E-state index in [9.17, 15) is 18.0 Å². The Hall–Kier alpha value is -2.10. The fourth-order valence-corrected chi connectivity index (χ4v) is 4.82. The molecule has 7 nitrogen and oxygen atoms in total. The first kappa shape index (κ1) is 25.2. The van der Waals surface area contributed by atoms with Gasteiger partial charge in [-0.2, -0.15) is 0 Å². The zero-order valence-electron chi connectivity index (χ0n) is 17.5. The van der Waals surface area contributed by atoms with Gasteiger partial charge in [0.15, 0.2) is 0 Å². The molecule has 0 heterocycles. The molecule has 10 heteroatoms. The summed E-state index contributed by atoms with van der Waals surface area (Å²) in [5.74, 6) is -0.855. The van der Waals surface area contributed by atoms with Crippen molar-refractivity contribution in [1.29, 1.82) is 0 Å². The lowest BCUT2D eigenvalue weighted by atomic mass is 10.1. The molecule has 0 fully saturated rings. The molecule has 2 amide bonds. The third-order valence-electron chi connectivity index (χ3n) is 4.73. The number of benzene rings is 2. The van der Waals surface area contributed by atoms with Gasteiger partial charge < -0.3 is 10.2 Å². The van der Waals surface area contributed by atoms with Crippen LogP contribution in [0.4, 0.5) is 5.69 Å². The SMILES string of the molecule is CC[C@@H](C(=O)NC)N(Cc1ccccc1Cl)C(=O)CN(c1ccccc1Br)S(C)(=O)=O. The van der Waals surface area contributed by atoms with E-state index in [-0.39, 0.29) is 12.5 Å². The minimum atomic E-state index is -3.78. The number of anilines is 1.